The number of hydrogen-bond acceptors (Lipinski definition) is 8. The molecule has 9 aliphatic heterocycles. The number of aliphatic hydroxyl groups is 1. The summed E-state index contributed by atoms with van der Waals surface area (Å²) < 4.78 is 14.6. The van der Waals surface area contributed by atoms with Crippen molar-refractivity contribution in [2.75, 3.05) is 26.2 Å². The van der Waals surface area contributed by atoms with Gasteiger partial charge >= 0.3 is 11.9 Å². The Kier molecular flexibility index (Phi) is 9.25. The molecule has 8 heteroatoms. The lowest BCUT2D eigenvalue weighted by Gasteiger charge is -2.73. The SMILES string of the molecule is C[C@H]1CC2=C3[C@H]4C5=C6[C@H](/C=C\[C@@H](C7CCCC7)C[C@H]7[C@]68C(=O)O/C(=C(/O)C[C@@H]([C@@H]6CCCC9(CCCC9)C6)N6C[C@@H]9C[C@H](C6)[C@H](CC2)N3C9)[C@@]8(CC5)[C@]72OC(=O)c3c(CCCN)cccc32)C[C@@H]41. The van der Waals surface area contributed by atoms with Crippen molar-refractivity contribution in [3.8, 4) is 0 Å². The minimum Gasteiger partial charge on any atom is -0.509 e. The van der Waals surface area contributed by atoms with Gasteiger partial charge in [0.15, 0.2) is 11.4 Å². The van der Waals surface area contributed by atoms with Crippen LogP contribution in [0.15, 0.2) is 64.3 Å². The molecule has 1 aromatic rings. The number of benzene rings is 1. The van der Waals surface area contributed by atoms with Crippen molar-refractivity contribution in [3.05, 3.63) is 81.0 Å². The van der Waals surface area contributed by atoms with E-state index < -0.39 is 16.4 Å². The monoisotopic (exact) mass is 920 g/mol. The highest BCUT2D eigenvalue weighted by atomic mass is 16.6. The number of esters is 2. The molecule has 3 saturated heterocycles. The molecule has 1 unspecified atom stereocenters. The van der Waals surface area contributed by atoms with E-state index in [0.717, 1.165) is 56.4 Å². The summed E-state index contributed by atoms with van der Waals surface area (Å²) in [5, 5.41) is 13.7. The minimum atomic E-state index is -1.13. The van der Waals surface area contributed by atoms with Crippen molar-refractivity contribution in [1.29, 1.82) is 0 Å². The highest BCUT2D eigenvalue weighted by Gasteiger charge is 2.94. The van der Waals surface area contributed by atoms with Gasteiger partial charge in [0.2, 0.25) is 0 Å². The second-order valence-corrected chi connectivity index (χ2v) is 26.1. The Hall–Kier alpha value is -3.36. The van der Waals surface area contributed by atoms with Crippen molar-refractivity contribution in [2.24, 2.45) is 81.2 Å². The predicted octanol–water partition coefficient (Wildman–Crippen LogP) is 11.2. The van der Waals surface area contributed by atoms with Crippen molar-refractivity contribution in [2.45, 2.75) is 172 Å². The van der Waals surface area contributed by atoms with Gasteiger partial charge in [0, 0.05) is 61.2 Å². The Morgan fingerprint density at radius 1 is 0.853 bits per heavy atom. The maximum atomic E-state index is 16.4. The van der Waals surface area contributed by atoms with E-state index in [-0.39, 0.29) is 41.5 Å². The van der Waals surface area contributed by atoms with Gasteiger partial charge in [-0.05, 0) is 180 Å². The molecule has 12 bridgehead atoms. The Bertz CT molecular complexity index is 2490. The molecular weight excluding hydrogens is 843 g/mol. The number of hydrogen-bond donors (Lipinski definition) is 2. The van der Waals surface area contributed by atoms with Crippen LogP contribution in [0.4, 0.5) is 0 Å². The number of aryl methyl sites for hydroxylation is 1. The number of fused-ring (bicyclic) bond motifs is 3. The Labute approximate surface area is 405 Å². The van der Waals surface area contributed by atoms with Gasteiger partial charge in [-0.25, -0.2) is 4.79 Å². The van der Waals surface area contributed by atoms with E-state index in [4.69, 9.17) is 15.2 Å². The zero-order valence-corrected chi connectivity index (χ0v) is 41.0. The number of carbonyl (C=O) groups is 2. The van der Waals surface area contributed by atoms with Gasteiger partial charge in [0.25, 0.3) is 0 Å². The molecule has 8 nitrogen and oxygen atoms in total. The van der Waals surface area contributed by atoms with E-state index in [9.17, 15) is 5.11 Å². The molecule has 0 radical (unpaired) electrons. The topological polar surface area (TPSA) is 105 Å². The summed E-state index contributed by atoms with van der Waals surface area (Å²) in [6.07, 6.45) is 31.0. The molecule has 68 heavy (non-hydrogen) atoms. The van der Waals surface area contributed by atoms with E-state index >= 15 is 9.59 Å². The van der Waals surface area contributed by atoms with Gasteiger partial charge in [-0.2, -0.15) is 0 Å². The van der Waals surface area contributed by atoms with Gasteiger partial charge in [-0.3, -0.25) is 9.69 Å². The fourth-order valence-electron chi connectivity index (χ4n) is 21.4. The van der Waals surface area contributed by atoms with Crippen molar-refractivity contribution in [1.82, 2.24) is 9.80 Å². The van der Waals surface area contributed by atoms with Crippen LogP contribution in [0, 0.1) is 75.4 Å². The standard InChI is InChI=1S/C60H77N3O5/c1-34-25-40-17-18-46-42-26-35-31-62(33-42)47(41-12-7-22-57(30-41)20-4-5-21-57)29-48(64)54-58-23-19-43-51(53(40)63(46)32-35)44(34)27-39-16-15-38(36-9-2-3-10-36)28-49(59(58,52(39)43)56(66)67-54)60(58)45-14-6-11-37(13-8-24-61)50(45)55(65)68-60/h6,11,14-16,34-36,38-39,41-42,44,46-47,49,51,64H,2-5,7-10,12-13,17-33,61H2,1H3/b16-15-,54-48+/t34-,35-,38+,39+,41+,42+,44+,46-,47-,49-,51-,58+,59+,60+/m0/s1. The van der Waals surface area contributed by atoms with Gasteiger partial charge < -0.3 is 25.2 Å². The summed E-state index contributed by atoms with van der Waals surface area (Å²) in [6.45, 7) is 6.45. The molecule has 1 aromatic carbocycles. The molecule has 8 aliphatic carbocycles. The summed E-state index contributed by atoms with van der Waals surface area (Å²) >= 11 is 0. The highest BCUT2D eigenvalue weighted by molar-refractivity contribution is 6.00. The summed E-state index contributed by atoms with van der Waals surface area (Å²) in [5.41, 5.74) is 12.3. The second-order valence-electron chi connectivity index (χ2n) is 26.1. The third-order valence-corrected chi connectivity index (χ3v) is 23.6. The molecule has 4 saturated carbocycles. The maximum Gasteiger partial charge on any atom is 0.339 e. The van der Waals surface area contributed by atoms with E-state index in [1.54, 1.807) is 16.8 Å². The molecule has 362 valence electrons. The molecule has 7 fully saturated rings. The van der Waals surface area contributed by atoms with Crippen LogP contribution in [0.25, 0.3) is 0 Å². The van der Waals surface area contributed by atoms with Crippen molar-refractivity contribution in [3.63, 3.8) is 0 Å². The van der Waals surface area contributed by atoms with E-state index in [1.165, 1.54) is 108 Å². The number of carbonyl (C=O) groups excluding carboxylic acids is 2. The summed E-state index contributed by atoms with van der Waals surface area (Å²) in [6, 6.07) is 7.17. The van der Waals surface area contributed by atoms with Crippen LogP contribution in [0.1, 0.15) is 170 Å². The fourth-order valence-corrected chi connectivity index (χ4v) is 21.4. The van der Waals surface area contributed by atoms with Crippen LogP contribution < -0.4 is 5.73 Å². The third-order valence-electron chi connectivity index (χ3n) is 23.6. The molecule has 0 aromatic heterocycles. The van der Waals surface area contributed by atoms with Gasteiger partial charge in [-0.15, -0.1) is 0 Å². The molecule has 15 atom stereocenters. The third kappa shape index (κ3) is 5.21. The molecule has 18 rings (SSSR count). The Morgan fingerprint density at radius 3 is 2.54 bits per heavy atom. The van der Waals surface area contributed by atoms with Crippen LogP contribution in [-0.4, -0.2) is 65.1 Å². The molecule has 9 heterocycles. The lowest BCUT2D eigenvalue weighted by atomic mass is 9.27. The Balaban J connectivity index is 1.01. The van der Waals surface area contributed by atoms with Crippen LogP contribution in [0.2, 0.25) is 0 Å². The van der Waals surface area contributed by atoms with Crippen LogP contribution in [-0.2, 0) is 26.3 Å². The largest absolute Gasteiger partial charge is 0.509 e. The highest BCUT2D eigenvalue weighted by Crippen LogP contribution is 2.88. The number of ether oxygens (including phenoxy) is 2. The van der Waals surface area contributed by atoms with Gasteiger partial charge in [0.05, 0.1) is 11.0 Å². The maximum absolute atomic E-state index is 16.4. The lowest BCUT2D eigenvalue weighted by molar-refractivity contribution is -0.282. The second kappa shape index (κ2) is 14.9. The first-order valence-corrected chi connectivity index (χ1v) is 28.5. The minimum absolute atomic E-state index is 0.113. The van der Waals surface area contributed by atoms with Crippen molar-refractivity contribution < 1.29 is 24.2 Å². The van der Waals surface area contributed by atoms with E-state index in [2.05, 4.69) is 47.1 Å². The first-order chi connectivity index (χ1) is 33.2. The fraction of sp³-hybridized carbons (Fsp3) is 0.733. The van der Waals surface area contributed by atoms with E-state index in [0.29, 0.717) is 90.0 Å². The first kappa shape index (κ1) is 42.3. The van der Waals surface area contributed by atoms with Crippen LogP contribution in [0.5, 0.6) is 0 Å². The van der Waals surface area contributed by atoms with Crippen LogP contribution in [0.3, 0.4) is 0 Å². The number of allylic oxidation sites excluding steroid dienone is 4. The molecule has 0 amide bonds. The quantitative estimate of drug-likeness (QED) is 0.222. The average molecular weight is 920 g/mol. The summed E-state index contributed by atoms with van der Waals surface area (Å²) in [7, 11) is 0. The number of piperidine rings is 2. The smallest absolute Gasteiger partial charge is 0.339 e. The molecule has 17 aliphatic rings. The van der Waals surface area contributed by atoms with Crippen LogP contribution >= 0.6 is 0 Å². The summed E-state index contributed by atoms with van der Waals surface area (Å²) in [5.74, 6) is 4.14. The number of aliphatic hydroxyl groups excluding tert-OH is 1. The zero-order valence-electron chi connectivity index (χ0n) is 41.0. The van der Waals surface area contributed by atoms with Gasteiger partial charge in [-0.1, -0.05) is 80.5 Å². The van der Waals surface area contributed by atoms with Gasteiger partial charge in [0.1, 0.15) is 11.2 Å². The lowest BCUT2D eigenvalue weighted by Crippen LogP contribution is -2.78. The molecule has 4 spiro atoms. The van der Waals surface area contributed by atoms with Crippen molar-refractivity contribution >= 4 is 11.9 Å². The average Bonchev–Trinajstić information content (AvgIpc) is 4.15. The predicted molar refractivity (Wildman–Crippen MR) is 261 cm³/mol. The summed E-state index contributed by atoms with van der Waals surface area (Å²) in [4.78, 5) is 37.5. The number of rotatable bonds is 5. The zero-order chi connectivity index (χ0) is 45.5. The Morgan fingerprint density at radius 2 is 1.69 bits per heavy atom. The normalized spacial score (nSPS) is 47.3. The first-order valence-electron chi connectivity index (χ1n) is 28.5. The molecule has 3 N–H and O–H groups in total. The van der Waals surface area contributed by atoms with E-state index in [1.807, 2.05) is 0 Å². The number of nitrogens with zero attached hydrogens (tertiary/aromatic N) is 2. The molecular formula is C60H77N3O5. The number of nitrogens with two attached hydrogens (primary N) is 1.